The van der Waals surface area contributed by atoms with Gasteiger partial charge in [0.25, 0.3) is 0 Å². The minimum absolute atomic E-state index is 0. The van der Waals surface area contributed by atoms with E-state index in [9.17, 15) is 15.0 Å². The second-order valence-electron chi connectivity index (χ2n) is 3.75. The number of esters is 1. The van der Waals surface area contributed by atoms with Gasteiger partial charge in [0.15, 0.2) is 11.5 Å². The van der Waals surface area contributed by atoms with Crippen LogP contribution in [0, 0.1) is 0 Å². The van der Waals surface area contributed by atoms with Crippen molar-refractivity contribution >= 4 is 35.5 Å². The van der Waals surface area contributed by atoms with E-state index < -0.39 is 5.97 Å². The molecule has 5 heteroatoms. The molecule has 4 nitrogen and oxygen atoms in total. The maximum absolute atomic E-state index is 11.6. The Morgan fingerprint density at radius 1 is 0.947 bits per heavy atom. The van der Waals surface area contributed by atoms with E-state index in [0.29, 0.717) is 5.56 Å². The van der Waals surface area contributed by atoms with Crippen LogP contribution in [0.4, 0.5) is 0 Å². The summed E-state index contributed by atoms with van der Waals surface area (Å²) in [5, 5.41) is 19.0. The van der Waals surface area contributed by atoms with Gasteiger partial charge in [-0.3, -0.25) is 4.79 Å². The first-order valence-electron chi connectivity index (χ1n) is 5.42. The number of benzene rings is 2. The van der Waals surface area contributed by atoms with E-state index in [1.54, 1.807) is 30.3 Å². The number of phenols is 2. The first-order valence-corrected chi connectivity index (χ1v) is 5.42. The van der Waals surface area contributed by atoms with Crippen LogP contribution >= 0.6 is 0 Å². The number of hydrogen-bond donors (Lipinski definition) is 2. The Balaban J connectivity index is 0.00000180. The normalized spacial score (nSPS) is 9.47. The molecule has 94 valence electrons. The molecule has 2 aromatic carbocycles. The number of carbonyl (C=O) groups excluding carboxylic acids is 1. The standard InChI is InChI=1S/C14H12O4.Na.H/c15-11-6-2-1-5-10(11)9-14(17)18-13-8-4-3-7-12(13)16;;/h1-8,15-16H,9H2;;. The quantitative estimate of drug-likeness (QED) is 0.504. The summed E-state index contributed by atoms with van der Waals surface area (Å²) in [7, 11) is 0. The van der Waals surface area contributed by atoms with Gasteiger partial charge in [-0.2, -0.15) is 0 Å². The molecular formula is C14H13NaO4. The van der Waals surface area contributed by atoms with Gasteiger partial charge in [-0.1, -0.05) is 30.3 Å². The predicted octanol–water partition coefficient (Wildman–Crippen LogP) is 1.60. The molecule has 0 atom stereocenters. The van der Waals surface area contributed by atoms with E-state index >= 15 is 0 Å². The molecular weight excluding hydrogens is 255 g/mol. The number of phenolic OH excluding ortho intramolecular Hbond substituents is 2. The van der Waals surface area contributed by atoms with Gasteiger partial charge in [-0.25, -0.2) is 0 Å². The molecule has 0 spiro atoms. The molecule has 2 aromatic rings. The summed E-state index contributed by atoms with van der Waals surface area (Å²) in [6.07, 6.45) is -0.0546. The fraction of sp³-hybridized carbons (Fsp3) is 0.0714. The van der Waals surface area contributed by atoms with Crippen LogP contribution in [-0.4, -0.2) is 45.7 Å². The Kier molecular flexibility index (Phi) is 5.89. The van der Waals surface area contributed by atoms with E-state index in [0.717, 1.165) is 0 Å². The van der Waals surface area contributed by atoms with Gasteiger partial charge in [-0.05, 0) is 18.2 Å². The zero-order valence-corrected chi connectivity index (χ0v) is 9.54. The third kappa shape index (κ3) is 4.28. The van der Waals surface area contributed by atoms with Crippen LogP contribution < -0.4 is 4.74 Å². The number of ether oxygens (including phenoxy) is 1. The number of aromatic hydroxyl groups is 2. The molecule has 0 fully saturated rings. The minimum atomic E-state index is -0.544. The molecule has 0 aliphatic heterocycles. The van der Waals surface area contributed by atoms with Crippen molar-refractivity contribution in [1.82, 2.24) is 0 Å². The Bertz CT molecular complexity index is 519. The summed E-state index contributed by atoms with van der Waals surface area (Å²) < 4.78 is 5.00. The number of carbonyl (C=O) groups is 1. The number of hydrogen-bond acceptors (Lipinski definition) is 4. The Morgan fingerprint density at radius 3 is 2.16 bits per heavy atom. The SMILES string of the molecule is O=C(Cc1ccccc1O)Oc1ccccc1O.[NaH]. The van der Waals surface area contributed by atoms with Crippen molar-refractivity contribution in [2.45, 2.75) is 6.42 Å². The second-order valence-corrected chi connectivity index (χ2v) is 3.75. The molecule has 0 bridgehead atoms. The third-order valence-electron chi connectivity index (χ3n) is 2.42. The fourth-order valence-corrected chi connectivity index (χ4v) is 1.52. The van der Waals surface area contributed by atoms with Gasteiger partial charge in [-0.15, -0.1) is 0 Å². The Labute approximate surface area is 132 Å². The fourth-order valence-electron chi connectivity index (χ4n) is 1.52. The van der Waals surface area contributed by atoms with Crippen molar-refractivity contribution in [1.29, 1.82) is 0 Å². The first kappa shape index (κ1) is 15.6. The summed E-state index contributed by atoms with van der Waals surface area (Å²) in [6.45, 7) is 0. The molecule has 0 saturated heterocycles. The van der Waals surface area contributed by atoms with Crippen molar-refractivity contribution in [2.24, 2.45) is 0 Å². The van der Waals surface area contributed by atoms with Gasteiger partial charge in [0.1, 0.15) is 5.75 Å². The molecule has 0 aliphatic carbocycles. The van der Waals surface area contributed by atoms with Crippen LogP contribution in [0.2, 0.25) is 0 Å². The molecule has 0 unspecified atom stereocenters. The van der Waals surface area contributed by atoms with Gasteiger partial charge in [0.2, 0.25) is 0 Å². The molecule has 0 aliphatic rings. The summed E-state index contributed by atoms with van der Waals surface area (Å²) in [5.41, 5.74) is 0.484. The van der Waals surface area contributed by atoms with Crippen LogP contribution in [0.1, 0.15) is 5.56 Å². The summed E-state index contributed by atoms with van der Waals surface area (Å²) in [5.74, 6) is -0.481. The number of para-hydroxylation sites is 3. The topological polar surface area (TPSA) is 66.8 Å². The third-order valence-corrected chi connectivity index (χ3v) is 2.42. The van der Waals surface area contributed by atoms with Crippen LogP contribution in [0.5, 0.6) is 17.2 Å². The average molecular weight is 268 g/mol. The van der Waals surface area contributed by atoms with Crippen molar-refractivity contribution < 1.29 is 19.7 Å². The van der Waals surface area contributed by atoms with Gasteiger partial charge >= 0.3 is 35.5 Å². The monoisotopic (exact) mass is 268 g/mol. The molecule has 2 rings (SSSR count). The maximum atomic E-state index is 11.6. The van der Waals surface area contributed by atoms with Crippen LogP contribution in [0.25, 0.3) is 0 Å². The zero-order valence-electron chi connectivity index (χ0n) is 9.54. The van der Waals surface area contributed by atoms with Crippen LogP contribution in [0.3, 0.4) is 0 Å². The van der Waals surface area contributed by atoms with Gasteiger partial charge in [0.05, 0.1) is 6.42 Å². The van der Waals surface area contributed by atoms with E-state index in [2.05, 4.69) is 0 Å². The summed E-state index contributed by atoms with van der Waals surface area (Å²) >= 11 is 0. The molecule has 0 heterocycles. The Morgan fingerprint density at radius 2 is 1.53 bits per heavy atom. The molecule has 2 N–H and O–H groups in total. The first-order chi connectivity index (χ1) is 8.66. The van der Waals surface area contributed by atoms with Gasteiger partial charge < -0.3 is 14.9 Å². The van der Waals surface area contributed by atoms with E-state index in [4.69, 9.17) is 4.74 Å². The second kappa shape index (κ2) is 7.19. The van der Waals surface area contributed by atoms with Gasteiger partial charge in [0, 0.05) is 5.56 Å². The van der Waals surface area contributed by atoms with Crippen molar-refractivity contribution in [2.75, 3.05) is 0 Å². The molecule has 0 amide bonds. The summed E-state index contributed by atoms with van der Waals surface area (Å²) in [6, 6.07) is 12.8. The van der Waals surface area contributed by atoms with E-state index in [1.165, 1.54) is 18.2 Å². The molecule has 0 saturated carbocycles. The predicted molar refractivity (Wildman–Crippen MR) is 72.7 cm³/mol. The molecule has 0 aromatic heterocycles. The van der Waals surface area contributed by atoms with Crippen molar-refractivity contribution in [3.8, 4) is 17.2 Å². The van der Waals surface area contributed by atoms with E-state index in [1.807, 2.05) is 0 Å². The summed E-state index contributed by atoms with van der Waals surface area (Å²) in [4.78, 5) is 11.6. The van der Waals surface area contributed by atoms with Crippen LogP contribution in [-0.2, 0) is 11.2 Å². The van der Waals surface area contributed by atoms with E-state index in [-0.39, 0.29) is 53.2 Å². The zero-order chi connectivity index (χ0) is 13.0. The number of rotatable bonds is 3. The van der Waals surface area contributed by atoms with Crippen LogP contribution in [0.15, 0.2) is 48.5 Å². The molecule has 19 heavy (non-hydrogen) atoms. The van der Waals surface area contributed by atoms with Crippen molar-refractivity contribution in [3.63, 3.8) is 0 Å². The average Bonchev–Trinajstić information content (AvgIpc) is 2.35. The Hall–Kier alpha value is -1.49. The molecule has 0 radical (unpaired) electrons. The van der Waals surface area contributed by atoms with Crippen molar-refractivity contribution in [3.05, 3.63) is 54.1 Å².